The van der Waals surface area contributed by atoms with Gasteiger partial charge in [-0.2, -0.15) is 31.3 Å². The molecule has 246 valence electrons. The zero-order valence-corrected chi connectivity index (χ0v) is 26.4. The summed E-state index contributed by atoms with van der Waals surface area (Å²) in [5.74, 6) is -1.20. The number of halogens is 8. The van der Waals surface area contributed by atoms with Gasteiger partial charge in [0.15, 0.2) is 5.01 Å². The van der Waals surface area contributed by atoms with Crippen LogP contribution in [0.15, 0.2) is 16.7 Å². The van der Waals surface area contributed by atoms with Gasteiger partial charge in [-0.3, -0.25) is 9.59 Å². The molecule has 1 N–H and O–H groups in total. The van der Waals surface area contributed by atoms with Gasteiger partial charge in [0.05, 0.1) is 27.4 Å². The highest BCUT2D eigenvalue weighted by Crippen LogP contribution is 2.54. The Morgan fingerprint density at radius 1 is 1.09 bits per heavy atom. The fourth-order valence-corrected chi connectivity index (χ4v) is 6.52. The van der Waals surface area contributed by atoms with Crippen molar-refractivity contribution in [3.8, 4) is 21.3 Å². The minimum Gasteiger partial charge on any atom is -0.469 e. The van der Waals surface area contributed by atoms with E-state index in [0.717, 1.165) is 23.8 Å². The highest BCUT2D eigenvalue weighted by molar-refractivity contribution is 7.18. The molecule has 1 saturated heterocycles. The number of thiazole rings is 1. The van der Waals surface area contributed by atoms with E-state index < -0.39 is 50.9 Å². The van der Waals surface area contributed by atoms with Crippen molar-refractivity contribution in [2.45, 2.75) is 70.4 Å². The van der Waals surface area contributed by atoms with Gasteiger partial charge in [-0.1, -0.05) is 40.5 Å². The maximum absolute atomic E-state index is 13.8. The zero-order valence-electron chi connectivity index (χ0n) is 24.1. The summed E-state index contributed by atoms with van der Waals surface area (Å²) in [6, 6.07) is 0.945. The summed E-state index contributed by atoms with van der Waals surface area (Å²) in [6.07, 6.45) is -10.2. The monoisotopic (exact) mass is 702 g/mol. The van der Waals surface area contributed by atoms with Crippen LogP contribution in [0.1, 0.15) is 62.0 Å². The van der Waals surface area contributed by atoms with Gasteiger partial charge in [0.25, 0.3) is 11.5 Å². The SMILES string of the molecule is COC(=O)C(C)(C)Cc1nc(-c2nc(C(=O)N3CCCC[C@@H]3C)c(-c3ccc(C(O)(C(F)(F)F)C(F)(F)F)c(Cl)c3Cl)s2)no1. The third-order valence-corrected chi connectivity index (χ3v) is 9.39. The fraction of sp³-hybridized carbons (Fsp3) is 0.519. The Morgan fingerprint density at radius 2 is 1.73 bits per heavy atom. The lowest BCUT2D eigenvalue weighted by molar-refractivity contribution is -0.376. The largest absolute Gasteiger partial charge is 0.469 e. The minimum absolute atomic E-state index is 0.00207. The number of amides is 1. The molecule has 3 aromatic rings. The first kappa shape index (κ1) is 34.9. The number of piperidine rings is 1. The van der Waals surface area contributed by atoms with Crippen LogP contribution in [-0.2, 0) is 21.6 Å². The predicted octanol–water partition coefficient (Wildman–Crippen LogP) is 7.24. The van der Waals surface area contributed by atoms with Crippen molar-refractivity contribution < 1.29 is 50.3 Å². The van der Waals surface area contributed by atoms with E-state index in [1.165, 1.54) is 7.11 Å². The lowest BCUT2D eigenvalue weighted by Crippen LogP contribution is -2.54. The molecule has 45 heavy (non-hydrogen) atoms. The molecule has 1 aliphatic rings. The lowest BCUT2D eigenvalue weighted by atomic mass is 9.89. The van der Waals surface area contributed by atoms with E-state index in [-0.39, 0.29) is 45.3 Å². The molecule has 1 aromatic carbocycles. The summed E-state index contributed by atoms with van der Waals surface area (Å²) >= 11 is 13.0. The molecule has 0 bridgehead atoms. The average Bonchev–Trinajstić information content (AvgIpc) is 3.59. The molecule has 0 radical (unpaired) electrons. The molecule has 0 saturated carbocycles. The maximum atomic E-state index is 13.8. The number of rotatable bonds is 7. The molecular weight excluding hydrogens is 677 g/mol. The number of carbonyl (C=O) groups excluding carboxylic acids is 2. The standard InChI is InChI=1S/C27H26Cl2F6N4O5S/c1-12-7-5-6-10-39(12)22(40)18-19(45-21(37-18)20-36-15(44-38-20)11-24(2,3)23(41)43-4)13-8-9-14(17(29)16(13)28)25(42,26(30,31)32)27(33,34)35/h8-9,12,42H,5-7,10-11H2,1-4H3/t12-/m0/s1. The second-order valence-corrected chi connectivity index (χ2v) is 12.9. The predicted molar refractivity (Wildman–Crippen MR) is 151 cm³/mol. The van der Waals surface area contributed by atoms with Gasteiger partial charge in [0, 0.05) is 30.1 Å². The molecule has 1 amide bonds. The topological polar surface area (TPSA) is 119 Å². The molecule has 0 spiro atoms. The van der Waals surface area contributed by atoms with Crippen molar-refractivity contribution in [1.82, 2.24) is 20.0 Å². The second kappa shape index (κ2) is 12.3. The van der Waals surface area contributed by atoms with E-state index in [1.54, 1.807) is 18.7 Å². The Morgan fingerprint density at radius 3 is 2.31 bits per heavy atom. The highest BCUT2D eigenvalue weighted by Gasteiger charge is 2.72. The van der Waals surface area contributed by atoms with Gasteiger partial charge in [-0.25, -0.2) is 4.98 Å². The van der Waals surface area contributed by atoms with Gasteiger partial charge >= 0.3 is 18.3 Å². The highest BCUT2D eigenvalue weighted by atomic mass is 35.5. The summed E-state index contributed by atoms with van der Waals surface area (Å²) in [7, 11) is 1.22. The van der Waals surface area contributed by atoms with Crippen LogP contribution < -0.4 is 0 Å². The summed E-state index contributed by atoms with van der Waals surface area (Å²) in [5, 5.41) is 11.8. The lowest BCUT2D eigenvalue weighted by Gasteiger charge is -2.34. The van der Waals surface area contributed by atoms with Crippen LogP contribution in [0.3, 0.4) is 0 Å². The molecule has 18 heteroatoms. The van der Waals surface area contributed by atoms with Crippen LogP contribution >= 0.6 is 34.5 Å². The number of alkyl halides is 6. The number of hydrogen-bond donors (Lipinski definition) is 1. The van der Waals surface area contributed by atoms with Crippen LogP contribution in [0.4, 0.5) is 26.3 Å². The Labute approximate surface area is 266 Å². The number of likely N-dealkylation sites (tertiary alicyclic amines) is 1. The number of nitrogens with zero attached hydrogens (tertiary/aromatic N) is 4. The zero-order chi connectivity index (χ0) is 33.7. The normalized spacial score (nSPS) is 16.6. The van der Waals surface area contributed by atoms with Crippen LogP contribution in [-0.4, -0.2) is 69.1 Å². The third kappa shape index (κ3) is 6.38. The Kier molecular flexibility index (Phi) is 9.57. The Balaban J connectivity index is 1.86. The molecule has 1 fully saturated rings. The van der Waals surface area contributed by atoms with Crippen LogP contribution in [0.25, 0.3) is 21.3 Å². The number of esters is 1. The van der Waals surface area contributed by atoms with E-state index in [2.05, 4.69) is 15.1 Å². The number of ether oxygens (including phenoxy) is 1. The van der Waals surface area contributed by atoms with E-state index in [4.69, 9.17) is 32.5 Å². The molecule has 1 aliphatic heterocycles. The average molecular weight is 703 g/mol. The molecule has 2 aromatic heterocycles. The van der Waals surface area contributed by atoms with Gasteiger partial charge in [0.1, 0.15) is 5.69 Å². The van der Waals surface area contributed by atoms with Gasteiger partial charge in [0.2, 0.25) is 11.7 Å². The van der Waals surface area contributed by atoms with E-state index in [0.29, 0.717) is 25.5 Å². The Bertz CT molecular complexity index is 1590. The number of aliphatic hydroxyl groups is 1. The van der Waals surface area contributed by atoms with Gasteiger partial charge in [-0.15, -0.1) is 11.3 Å². The van der Waals surface area contributed by atoms with Gasteiger partial charge < -0.3 is 19.3 Å². The van der Waals surface area contributed by atoms with Crippen molar-refractivity contribution in [2.24, 2.45) is 5.41 Å². The molecular formula is C27H26Cl2F6N4O5S. The van der Waals surface area contributed by atoms with Crippen LogP contribution in [0.2, 0.25) is 10.0 Å². The van der Waals surface area contributed by atoms with E-state index >= 15 is 0 Å². The summed E-state index contributed by atoms with van der Waals surface area (Å²) in [4.78, 5) is 36.0. The van der Waals surface area contributed by atoms with Gasteiger partial charge in [-0.05, 0) is 40.0 Å². The first-order valence-electron chi connectivity index (χ1n) is 13.3. The minimum atomic E-state index is -6.21. The van der Waals surface area contributed by atoms with Crippen molar-refractivity contribution in [1.29, 1.82) is 0 Å². The number of benzene rings is 1. The molecule has 0 unspecified atom stereocenters. The quantitative estimate of drug-likeness (QED) is 0.202. The summed E-state index contributed by atoms with van der Waals surface area (Å²) < 4.78 is 91.7. The second-order valence-electron chi connectivity index (χ2n) is 11.1. The fourth-order valence-electron chi connectivity index (χ4n) is 4.89. The van der Waals surface area contributed by atoms with E-state index in [1.807, 2.05) is 6.92 Å². The van der Waals surface area contributed by atoms with Crippen LogP contribution in [0.5, 0.6) is 0 Å². The first-order chi connectivity index (χ1) is 20.7. The molecule has 9 nitrogen and oxygen atoms in total. The molecule has 0 aliphatic carbocycles. The number of carbonyl (C=O) groups is 2. The van der Waals surface area contributed by atoms with E-state index in [9.17, 15) is 41.0 Å². The summed E-state index contributed by atoms with van der Waals surface area (Å²) in [6.45, 7) is 5.38. The smallest absolute Gasteiger partial charge is 0.430 e. The number of aromatic nitrogens is 3. The third-order valence-electron chi connectivity index (χ3n) is 7.42. The van der Waals surface area contributed by atoms with Crippen LogP contribution in [0, 0.1) is 5.41 Å². The molecule has 4 rings (SSSR count). The van der Waals surface area contributed by atoms with Crippen molar-refractivity contribution in [3.05, 3.63) is 39.3 Å². The number of methoxy groups -OCH3 is 1. The van der Waals surface area contributed by atoms with Crippen molar-refractivity contribution >= 4 is 46.4 Å². The Hall–Kier alpha value is -2.95. The molecule has 3 heterocycles. The summed E-state index contributed by atoms with van der Waals surface area (Å²) in [5.41, 5.74) is -8.56. The first-order valence-corrected chi connectivity index (χ1v) is 14.9. The van der Waals surface area contributed by atoms with Crippen molar-refractivity contribution in [3.63, 3.8) is 0 Å². The number of hydrogen-bond acceptors (Lipinski definition) is 9. The maximum Gasteiger partial charge on any atom is 0.430 e. The van der Waals surface area contributed by atoms with Crippen molar-refractivity contribution in [2.75, 3.05) is 13.7 Å². The molecule has 1 atom stereocenters.